The summed E-state index contributed by atoms with van der Waals surface area (Å²) in [6, 6.07) is 6.04. The van der Waals surface area contributed by atoms with E-state index < -0.39 is 0 Å². The van der Waals surface area contributed by atoms with Gasteiger partial charge in [0, 0.05) is 0 Å². The summed E-state index contributed by atoms with van der Waals surface area (Å²) in [7, 11) is 0. The molecular formula is C21H30O2. The molecule has 23 heavy (non-hydrogen) atoms. The average molecular weight is 314 g/mol. The average Bonchev–Trinajstić information content (AvgIpc) is 2.81. The molecule has 2 heteroatoms. The lowest BCUT2D eigenvalue weighted by atomic mass is 9.51. The number of fused-ring (bicyclic) bond motifs is 5. The summed E-state index contributed by atoms with van der Waals surface area (Å²) >= 11 is 0. The fraction of sp³-hybridized carbons (Fsp3) is 0.714. The Balaban J connectivity index is 1.79. The molecule has 0 spiro atoms. The van der Waals surface area contributed by atoms with E-state index in [0.717, 1.165) is 19.3 Å². The second kappa shape index (κ2) is 5.24. The zero-order valence-electron chi connectivity index (χ0n) is 14.6. The molecule has 6 atom stereocenters. The van der Waals surface area contributed by atoms with Gasteiger partial charge in [0.15, 0.2) is 0 Å². The first-order valence-corrected chi connectivity index (χ1v) is 9.41. The minimum atomic E-state index is -0.109. The van der Waals surface area contributed by atoms with Crippen molar-refractivity contribution in [2.45, 2.75) is 64.9 Å². The van der Waals surface area contributed by atoms with Crippen molar-refractivity contribution in [2.75, 3.05) is 0 Å². The van der Waals surface area contributed by atoms with Gasteiger partial charge < -0.3 is 10.2 Å². The highest BCUT2D eigenvalue weighted by Crippen LogP contribution is 2.63. The van der Waals surface area contributed by atoms with Crippen molar-refractivity contribution in [1.29, 1.82) is 0 Å². The van der Waals surface area contributed by atoms with E-state index in [0.29, 0.717) is 35.3 Å². The monoisotopic (exact) mass is 314 g/mol. The van der Waals surface area contributed by atoms with Crippen LogP contribution in [0.5, 0.6) is 5.75 Å². The normalized spacial score (nSPS) is 42.2. The lowest BCUT2D eigenvalue weighted by molar-refractivity contribution is -0.0450. The van der Waals surface area contributed by atoms with Gasteiger partial charge in [-0.25, -0.2) is 0 Å². The van der Waals surface area contributed by atoms with Crippen LogP contribution in [0.25, 0.3) is 0 Å². The lowest BCUT2D eigenvalue weighted by Crippen LogP contribution is -2.48. The van der Waals surface area contributed by atoms with Crippen molar-refractivity contribution in [3.8, 4) is 5.75 Å². The molecule has 0 aliphatic heterocycles. The first kappa shape index (κ1) is 15.5. The van der Waals surface area contributed by atoms with E-state index in [1.54, 1.807) is 0 Å². The molecule has 4 rings (SSSR count). The third-order valence-corrected chi connectivity index (χ3v) is 7.61. The third-order valence-electron chi connectivity index (χ3n) is 7.61. The topological polar surface area (TPSA) is 40.5 Å². The third kappa shape index (κ3) is 2.17. The van der Waals surface area contributed by atoms with Crippen LogP contribution in [0.4, 0.5) is 0 Å². The summed E-state index contributed by atoms with van der Waals surface area (Å²) in [4.78, 5) is 0. The second-order valence-electron chi connectivity index (χ2n) is 8.92. The summed E-state index contributed by atoms with van der Waals surface area (Å²) in [5.74, 6) is 3.70. The van der Waals surface area contributed by atoms with Crippen LogP contribution < -0.4 is 0 Å². The van der Waals surface area contributed by atoms with Crippen molar-refractivity contribution in [1.82, 2.24) is 0 Å². The largest absolute Gasteiger partial charge is 0.508 e. The molecule has 0 saturated heterocycles. The Labute approximate surface area is 139 Å². The van der Waals surface area contributed by atoms with Crippen molar-refractivity contribution in [3.05, 3.63) is 29.3 Å². The second-order valence-corrected chi connectivity index (χ2v) is 8.92. The fourth-order valence-corrected chi connectivity index (χ4v) is 6.33. The SMILES string of the molecule is CC(C)C1Cc2cc(O)ccc2C2CC[C@]3(C)[C@@H](O)CC[C@H]3[C@@H]21. The Morgan fingerprint density at radius 2 is 1.96 bits per heavy atom. The highest BCUT2D eigenvalue weighted by Gasteiger charge is 2.56. The number of aliphatic hydroxyl groups is 1. The van der Waals surface area contributed by atoms with Crippen LogP contribution in [0.1, 0.15) is 63.5 Å². The minimum absolute atomic E-state index is 0.109. The van der Waals surface area contributed by atoms with Gasteiger partial charge in [0.05, 0.1) is 6.10 Å². The van der Waals surface area contributed by atoms with Crippen molar-refractivity contribution < 1.29 is 10.2 Å². The number of benzene rings is 1. The maximum Gasteiger partial charge on any atom is 0.115 e. The van der Waals surface area contributed by atoms with E-state index in [1.165, 1.54) is 24.0 Å². The molecule has 0 bridgehead atoms. The van der Waals surface area contributed by atoms with Crippen molar-refractivity contribution in [2.24, 2.45) is 29.1 Å². The molecule has 0 amide bonds. The van der Waals surface area contributed by atoms with E-state index in [-0.39, 0.29) is 11.5 Å². The Hall–Kier alpha value is -1.02. The van der Waals surface area contributed by atoms with Gasteiger partial charge in [-0.3, -0.25) is 0 Å². The molecular weight excluding hydrogens is 284 g/mol. The van der Waals surface area contributed by atoms with E-state index in [4.69, 9.17) is 0 Å². The molecule has 3 aliphatic rings. The molecule has 2 unspecified atom stereocenters. The molecule has 2 saturated carbocycles. The van der Waals surface area contributed by atoms with Crippen LogP contribution in [-0.4, -0.2) is 16.3 Å². The maximum atomic E-state index is 10.6. The molecule has 1 aromatic carbocycles. The standard InChI is InChI=1S/C21H30O2/c1-12(2)17-11-13-10-14(22)4-5-15(13)16-8-9-21(3)18(20(16)17)6-7-19(21)23/h4-5,10,12,16-20,22-23H,6-9,11H2,1-3H3/t16?,17?,18-,19-,20-,21-/m0/s1. The van der Waals surface area contributed by atoms with Crippen LogP contribution >= 0.6 is 0 Å². The number of aliphatic hydroxyl groups excluding tert-OH is 1. The summed E-state index contributed by atoms with van der Waals surface area (Å²) in [5.41, 5.74) is 2.98. The smallest absolute Gasteiger partial charge is 0.115 e. The van der Waals surface area contributed by atoms with Crippen molar-refractivity contribution >= 4 is 0 Å². The molecule has 2 N–H and O–H groups in total. The number of aromatic hydroxyl groups is 1. The van der Waals surface area contributed by atoms with E-state index in [2.05, 4.69) is 26.8 Å². The molecule has 0 radical (unpaired) electrons. The fourth-order valence-electron chi connectivity index (χ4n) is 6.33. The number of hydrogen-bond donors (Lipinski definition) is 2. The van der Waals surface area contributed by atoms with Gasteiger partial charge >= 0.3 is 0 Å². The zero-order valence-corrected chi connectivity index (χ0v) is 14.6. The van der Waals surface area contributed by atoms with Gasteiger partial charge in [-0.05, 0) is 90.4 Å². The van der Waals surface area contributed by atoms with Crippen LogP contribution in [0, 0.1) is 29.1 Å². The van der Waals surface area contributed by atoms with Crippen LogP contribution in [0.3, 0.4) is 0 Å². The van der Waals surface area contributed by atoms with E-state index >= 15 is 0 Å². The van der Waals surface area contributed by atoms with E-state index in [1.807, 2.05) is 12.1 Å². The van der Waals surface area contributed by atoms with Gasteiger partial charge in [-0.15, -0.1) is 0 Å². The van der Waals surface area contributed by atoms with Crippen LogP contribution in [0.2, 0.25) is 0 Å². The molecule has 2 fully saturated rings. The number of phenolic OH excluding ortho intramolecular Hbond substituents is 1. The first-order valence-electron chi connectivity index (χ1n) is 9.41. The number of phenols is 1. The molecule has 1 aromatic rings. The maximum absolute atomic E-state index is 10.6. The van der Waals surface area contributed by atoms with Crippen molar-refractivity contribution in [3.63, 3.8) is 0 Å². The van der Waals surface area contributed by atoms with Crippen LogP contribution in [-0.2, 0) is 6.42 Å². The Morgan fingerprint density at radius 1 is 1.17 bits per heavy atom. The van der Waals surface area contributed by atoms with Crippen LogP contribution in [0.15, 0.2) is 18.2 Å². The van der Waals surface area contributed by atoms with Gasteiger partial charge in [-0.2, -0.15) is 0 Å². The summed E-state index contributed by atoms with van der Waals surface area (Å²) in [6.45, 7) is 7.05. The Morgan fingerprint density at radius 3 is 2.70 bits per heavy atom. The zero-order chi connectivity index (χ0) is 16.4. The summed E-state index contributed by atoms with van der Waals surface area (Å²) < 4.78 is 0. The Bertz CT molecular complexity index is 608. The van der Waals surface area contributed by atoms with Gasteiger partial charge in [0.1, 0.15) is 5.75 Å². The predicted octanol–water partition coefficient (Wildman–Crippen LogP) is 4.49. The molecule has 0 heterocycles. The quantitative estimate of drug-likeness (QED) is 0.801. The highest BCUT2D eigenvalue weighted by atomic mass is 16.3. The number of hydrogen-bond acceptors (Lipinski definition) is 2. The number of rotatable bonds is 1. The van der Waals surface area contributed by atoms with Gasteiger partial charge in [-0.1, -0.05) is 26.8 Å². The highest BCUT2D eigenvalue weighted by molar-refractivity contribution is 5.40. The van der Waals surface area contributed by atoms with Gasteiger partial charge in [0.2, 0.25) is 0 Å². The lowest BCUT2D eigenvalue weighted by Gasteiger charge is -2.54. The predicted molar refractivity (Wildman–Crippen MR) is 92.4 cm³/mol. The van der Waals surface area contributed by atoms with E-state index in [9.17, 15) is 10.2 Å². The summed E-state index contributed by atoms with van der Waals surface area (Å²) in [5, 5.41) is 20.5. The minimum Gasteiger partial charge on any atom is -0.508 e. The molecule has 126 valence electrons. The Kier molecular flexibility index (Phi) is 3.53. The molecule has 0 aromatic heterocycles. The summed E-state index contributed by atoms with van der Waals surface area (Å²) in [6.07, 6.45) is 5.49. The molecule has 3 aliphatic carbocycles. The molecule has 2 nitrogen and oxygen atoms in total. The first-order chi connectivity index (χ1) is 10.9. The van der Waals surface area contributed by atoms with Gasteiger partial charge in [0.25, 0.3) is 0 Å².